The molecule has 242 valence electrons. The smallest absolute Gasteiger partial charge is 0.136 e. The topological polar surface area (TPSA) is 18.1 Å². The van der Waals surface area contributed by atoms with Crippen molar-refractivity contribution in [3.8, 4) is 39.1 Å². The van der Waals surface area contributed by atoms with Crippen LogP contribution < -0.4 is 0 Å². The van der Waals surface area contributed by atoms with Gasteiger partial charge in [0.05, 0.1) is 16.4 Å². The Morgan fingerprint density at radius 2 is 1.10 bits per heavy atom. The average molecular weight is 727 g/mol. The first-order valence-electron chi connectivity index (χ1n) is 17.8. The van der Waals surface area contributed by atoms with Gasteiger partial charge in [-0.15, -0.1) is 0 Å². The largest absolute Gasteiger partial charge is 0.456 e. The minimum absolute atomic E-state index is 0.395. The minimum Gasteiger partial charge on any atom is -0.456 e. The van der Waals surface area contributed by atoms with Crippen LogP contribution in [0, 0.1) is 0 Å². The molecule has 1 spiro atoms. The molecular weight excluding hydrogens is 698 g/mol. The Hall–Kier alpha value is -6.16. The fraction of sp³-hybridized carbons (Fsp3) is 0.0204. The van der Waals surface area contributed by atoms with Crippen LogP contribution in [0.5, 0.6) is 0 Å². The number of halogens is 1. The first-order chi connectivity index (χ1) is 25.7. The summed E-state index contributed by atoms with van der Waals surface area (Å²) in [6.45, 7) is 0. The van der Waals surface area contributed by atoms with Crippen molar-refractivity contribution in [1.82, 2.24) is 4.57 Å². The molecule has 52 heavy (non-hydrogen) atoms. The number of rotatable bonds is 2. The highest BCUT2D eigenvalue weighted by molar-refractivity contribution is 9.10. The summed E-state index contributed by atoms with van der Waals surface area (Å²) in [6, 6.07) is 62.5. The average Bonchev–Trinajstić information content (AvgIpc) is 3.92. The zero-order valence-corrected chi connectivity index (χ0v) is 29.5. The van der Waals surface area contributed by atoms with Crippen LogP contribution in [0.3, 0.4) is 0 Å². The minimum atomic E-state index is -0.395. The lowest BCUT2D eigenvalue weighted by atomic mass is 9.70. The van der Waals surface area contributed by atoms with Crippen LogP contribution >= 0.6 is 15.9 Å². The molecule has 0 bridgehead atoms. The highest BCUT2D eigenvalue weighted by Gasteiger charge is 2.52. The Bertz CT molecular complexity index is 3100. The second-order valence-electron chi connectivity index (χ2n) is 14.1. The van der Waals surface area contributed by atoms with Gasteiger partial charge in [0.1, 0.15) is 11.2 Å². The van der Waals surface area contributed by atoms with Gasteiger partial charge in [0.2, 0.25) is 0 Å². The first-order valence-corrected chi connectivity index (χ1v) is 18.6. The van der Waals surface area contributed by atoms with Crippen molar-refractivity contribution < 1.29 is 4.42 Å². The number of furan rings is 1. The lowest BCUT2D eigenvalue weighted by molar-refractivity contribution is 0.669. The Balaban J connectivity index is 1.19. The molecule has 0 fully saturated rings. The third kappa shape index (κ3) is 3.49. The summed E-state index contributed by atoms with van der Waals surface area (Å²) in [6.07, 6.45) is 0. The lowest BCUT2D eigenvalue weighted by Gasteiger charge is -2.30. The van der Waals surface area contributed by atoms with Gasteiger partial charge in [-0.2, -0.15) is 0 Å². The van der Waals surface area contributed by atoms with Gasteiger partial charge in [0.15, 0.2) is 0 Å². The summed E-state index contributed by atoms with van der Waals surface area (Å²) in [7, 11) is 0. The number of para-hydroxylation sites is 1. The van der Waals surface area contributed by atoms with Gasteiger partial charge in [-0.3, -0.25) is 0 Å². The zero-order valence-electron chi connectivity index (χ0n) is 27.9. The molecule has 0 amide bonds. The van der Waals surface area contributed by atoms with Crippen molar-refractivity contribution in [3.63, 3.8) is 0 Å². The fourth-order valence-electron chi connectivity index (χ4n) is 9.67. The van der Waals surface area contributed by atoms with Gasteiger partial charge in [-0.1, -0.05) is 137 Å². The highest BCUT2D eigenvalue weighted by Crippen LogP contribution is 2.64. The second kappa shape index (κ2) is 10.2. The molecule has 0 aliphatic heterocycles. The standard InChI is InChI=1S/C49H28BrNO/c50-42-19-10-20-45-47(42)37-28-30(22-26-44(37)52-45)29-21-25-43-36(27-29)34-23-24-41-46(48(34)51(43)31-11-2-1-3-12-31)35-15-6-9-18-40(35)49(41)38-16-7-4-13-32(38)33-14-5-8-17-39(33)49/h1-28H. The zero-order chi connectivity index (χ0) is 34.1. The molecular formula is C49H28BrNO. The highest BCUT2D eigenvalue weighted by atomic mass is 79.9. The quantitative estimate of drug-likeness (QED) is 0.173. The van der Waals surface area contributed by atoms with E-state index < -0.39 is 5.41 Å². The van der Waals surface area contributed by atoms with E-state index in [1.54, 1.807) is 0 Å². The summed E-state index contributed by atoms with van der Waals surface area (Å²) >= 11 is 3.78. The van der Waals surface area contributed by atoms with E-state index >= 15 is 0 Å². The van der Waals surface area contributed by atoms with E-state index in [1.807, 2.05) is 12.1 Å². The maximum absolute atomic E-state index is 6.23. The van der Waals surface area contributed by atoms with Gasteiger partial charge < -0.3 is 8.98 Å². The summed E-state index contributed by atoms with van der Waals surface area (Å²) in [4.78, 5) is 0. The maximum Gasteiger partial charge on any atom is 0.136 e. The van der Waals surface area contributed by atoms with Crippen LogP contribution in [0.2, 0.25) is 0 Å². The molecule has 0 atom stereocenters. The molecule has 2 nitrogen and oxygen atoms in total. The predicted molar refractivity (Wildman–Crippen MR) is 217 cm³/mol. The van der Waals surface area contributed by atoms with Crippen molar-refractivity contribution in [2.24, 2.45) is 0 Å². The van der Waals surface area contributed by atoms with Crippen molar-refractivity contribution in [2.45, 2.75) is 5.41 Å². The maximum atomic E-state index is 6.23. The van der Waals surface area contributed by atoms with Gasteiger partial charge in [-0.05, 0) is 98.6 Å². The van der Waals surface area contributed by atoms with E-state index in [-0.39, 0.29) is 0 Å². The van der Waals surface area contributed by atoms with Crippen LogP contribution in [0.1, 0.15) is 22.3 Å². The lowest BCUT2D eigenvalue weighted by Crippen LogP contribution is -2.25. The van der Waals surface area contributed by atoms with Crippen LogP contribution in [-0.4, -0.2) is 4.57 Å². The molecule has 2 heterocycles. The molecule has 0 saturated heterocycles. The van der Waals surface area contributed by atoms with Crippen molar-refractivity contribution in [2.75, 3.05) is 0 Å². The molecule has 12 rings (SSSR count). The van der Waals surface area contributed by atoms with Crippen LogP contribution in [0.4, 0.5) is 0 Å². The molecule has 0 saturated carbocycles. The Morgan fingerprint density at radius 1 is 0.462 bits per heavy atom. The number of benzene rings is 8. The Labute approximate surface area is 308 Å². The third-order valence-electron chi connectivity index (χ3n) is 11.7. The van der Waals surface area contributed by atoms with Gasteiger partial charge in [0, 0.05) is 37.3 Å². The number of hydrogen-bond donors (Lipinski definition) is 0. The summed E-state index contributed by atoms with van der Waals surface area (Å²) in [5, 5.41) is 4.72. The Kier molecular flexibility index (Phi) is 5.61. The van der Waals surface area contributed by atoms with E-state index in [4.69, 9.17) is 4.42 Å². The number of nitrogens with zero attached hydrogens (tertiary/aromatic N) is 1. The van der Waals surface area contributed by atoms with Crippen molar-refractivity contribution in [3.05, 3.63) is 197 Å². The van der Waals surface area contributed by atoms with Crippen LogP contribution in [0.25, 0.3) is 82.8 Å². The van der Waals surface area contributed by atoms with Gasteiger partial charge in [0.25, 0.3) is 0 Å². The summed E-state index contributed by atoms with van der Waals surface area (Å²) < 4.78 is 9.77. The van der Waals surface area contributed by atoms with Gasteiger partial charge >= 0.3 is 0 Å². The molecule has 10 aromatic rings. The fourth-order valence-corrected chi connectivity index (χ4v) is 10.2. The molecule has 2 aliphatic rings. The van der Waals surface area contributed by atoms with Crippen molar-refractivity contribution >= 4 is 59.7 Å². The van der Waals surface area contributed by atoms with E-state index in [0.29, 0.717) is 0 Å². The van der Waals surface area contributed by atoms with Crippen LogP contribution in [-0.2, 0) is 5.41 Å². The molecule has 3 heteroatoms. The number of aromatic nitrogens is 1. The van der Waals surface area contributed by atoms with Crippen molar-refractivity contribution in [1.29, 1.82) is 0 Å². The van der Waals surface area contributed by atoms with E-state index in [0.717, 1.165) is 37.7 Å². The SMILES string of the molecule is Brc1cccc2oc3ccc(-c4ccc5c(c4)c4ccc6c(c4n5-c4ccccc4)-c4ccccc4C64c5ccccc5-c5ccccc54)cc3c12. The van der Waals surface area contributed by atoms with Gasteiger partial charge in [-0.25, -0.2) is 0 Å². The summed E-state index contributed by atoms with van der Waals surface area (Å²) in [5.74, 6) is 0. The van der Waals surface area contributed by atoms with Crippen LogP contribution in [0.15, 0.2) is 179 Å². The molecule has 8 aromatic carbocycles. The number of hydrogen-bond acceptors (Lipinski definition) is 1. The molecule has 0 radical (unpaired) electrons. The van der Waals surface area contributed by atoms with E-state index in [9.17, 15) is 0 Å². The first kappa shape index (κ1) is 28.5. The predicted octanol–water partition coefficient (Wildman–Crippen LogP) is 13.5. The van der Waals surface area contributed by atoms with E-state index in [2.05, 4.69) is 178 Å². The molecule has 2 aliphatic carbocycles. The third-order valence-corrected chi connectivity index (χ3v) is 12.3. The molecule has 0 unspecified atom stereocenters. The normalized spacial score (nSPS) is 13.6. The molecule has 0 N–H and O–H groups in total. The monoisotopic (exact) mass is 725 g/mol. The molecule has 2 aromatic heterocycles. The second-order valence-corrected chi connectivity index (χ2v) is 15.0. The number of fused-ring (bicyclic) bond motifs is 17. The summed E-state index contributed by atoms with van der Waals surface area (Å²) in [5.41, 5.74) is 18.0. The Morgan fingerprint density at radius 3 is 1.85 bits per heavy atom. The van der Waals surface area contributed by atoms with E-state index in [1.165, 1.54) is 71.9 Å².